The molecule has 1 amide bonds. The molecule has 0 aliphatic rings. The molecule has 0 atom stereocenters. The number of halogens is 3. The maximum atomic E-state index is 14.7. The number of fused-ring (bicyclic) bond motifs is 1. The van der Waals surface area contributed by atoms with Gasteiger partial charge in [0.25, 0.3) is 0 Å². The van der Waals surface area contributed by atoms with Crippen LogP contribution >= 0.6 is 0 Å². The molecule has 0 fully saturated rings. The molecule has 0 unspecified atom stereocenters. The number of hydrogen-bond donors (Lipinski definition) is 2. The van der Waals surface area contributed by atoms with E-state index in [2.05, 4.69) is 17.6 Å². The second-order valence-corrected chi connectivity index (χ2v) is 9.63. The third-order valence-electron chi connectivity index (χ3n) is 5.67. The van der Waals surface area contributed by atoms with Crippen LogP contribution < -0.4 is 16.1 Å². The Morgan fingerprint density at radius 3 is 2.31 bits per heavy atom. The van der Waals surface area contributed by atoms with E-state index in [0.717, 1.165) is 44.2 Å². The van der Waals surface area contributed by atoms with E-state index >= 15 is 0 Å². The van der Waals surface area contributed by atoms with Gasteiger partial charge in [-0.25, -0.2) is 13.2 Å². The highest BCUT2D eigenvalue weighted by Gasteiger charge is 2.23. The van der Waals surface area contributed by atoms with Crippen molar-refractivity contribution in [1.29, 1.82) is 0 Å². The van der Waals surface area contributed by atoms with Gasteiger partial charge < -0.3 is 15.1 Å². The summed E-state index contributed by atoms with van der Waals surface area (Å²) in [4.78, 5) is 25.0. The van der Waals surface area contributed by atoms with Crippen LogP contribution in [-0.2, 0) is 4.79 Å². The van der Waals surface area contributed by atoms with E-state index in [0.29, 0.717) is 12.6 Å². The van der Waals surface area contributed by atoms with E-state index in [1.165, 1.54) is 12.1 Å². The zero-order valence-electron chi connectivity index (χ0n) is 20.5. The van der Waals surface area contributed by atoms with Gasteiger partial charge in [-0.3, -0.25) is 9.59 Å². The van der Waals surface area contributed by atoms with Gasteiger partial charge >= 0.3 is 0 Å². The van der Waals surface area contributed by atoms with Gasteiger partial charge in [-0.15, -0.1) is 0 Å². The van der Waals surface area contributed by atoms with Gasteiger partial charge in [0.05, 0.1) is 16.8 Å². The smallest absolute Gasteiger partial charge is 0.229 e. The second-order valence-electron chi connectivity index (χ2n) is 9.63. The number of nitrogens with one attached hydrogen (secondary N) is 2. The molecule has 0 bridgehead atoms. The van der Waals surface area contributed by atoms with Gasteiger partial charge in [0.2, 0.25) is 5.91 Å². The molecule has 1 heterocycles. The molecular formula is C27H31F3N2O3. The molecular weight excluding hydrogens is 457 g/mol. The second kappa shape index (κ2) is 11.0. The minimum atomic E-state index is -1.03. The SMILES string of the molecule is CCCCCCCNc1c(F)cc(F)c2oc(-c3ccc(NC(=O)C(C)(C)C)c(F)c3)cc(=O)c12. The number of carbonyl (C=O) groups is 1. The van der Waals surface area contributed by atoms with Gasteiger partial charge in [-0.2, -0.15) is 0 Å². The van der Waals surface area contributed by atoms with Crippen LogP contribution in [0, 0.1) is 22.9 Å². The van der Waals surface area contributed by atoms with Crippen molar-refractivity contribution in [2.45, 2.75) is 59.8 Å². The highest BCUT2D eigenvalue weighted by Crippen LogP contribution is 2.32. The minimum absolute atomic E-state index is 0.0320. The first-order valence-corrected chi connectivity index (χ1v) is 11.8. The lowest BCUT2D eigenvalue weighted by atomic mass is 9.95. The van der Waals surface area contributed by atoms with Gasteiger partial charge in [-0.05, 0) is 24.6 Å². The largest absolute Gasteiger partial charge is 0.453 e. The first kappa shape index (κ1) is 26.3. The van der Waals surface area contributed by atoms with Gasteiger partial charge in [-0.1, -0.05) is 53.4 Å². The van der Waals surface area contributed by atoms with Crippen molar-refractivity contribution in [2.75, 3.05) is 17.2 Å². The maximum absolute atomic E-state index is 14.7. The first-order valence-electron chi connectivity index (χ1n) is 11.8. The number of amides is 1. The summed E-state index contributed by atoms with van der Waals surface area (Å²) in [5.41, 5.74) is -1.75. The summed E-state index contributed by atoms with van der Waals surface area (Å²) in [6, 6.07) is 5.61. The monoisotopic (exact) mass is 488 g/mol. The molecule has 3 aromatic rings. The van der Waals surface area contributed by atoms with Crippen LogP contribution in [0.15, 0.2) is 39.5 Å². The Morgan fingerprint density at radius 2 is 1.66 bits per heavy atom. The molecule has 0 aliphatic heterocycles. The zero-order chi connectivity index (χ0) is 25.8. The average molecular weight is 489 g/mol. The fraction of sp³-hybridized carbons (Fsp3) is 0.407. The normalized spacial score (nSPS) is 11.6. The van der Waals surface area contributed by atoms with E-state index in [9.17, 15) is 22.8 Å². The first-order chi connectivity index (χ1) is 16.5. The topological polar surface area (TPSA) is 71.3 Å². The third-order valence-corrected chi connectivity index (χ3v) is 5.67. The fourth-order valence-corrected chi connectivity index (χ4v) is 3.60. The zero-order valence-corrected chi connectivity index (χ0v) is 20.5. The highest BCUT2D eigenvalue weighted by atomic mass is 19.1. The summed E-state index contributed by atoms with van der Waals surface area (Å²) in [7, 11) is 0. The summed E-state index contributed by atoms with van der Waals surface area (Å²) in [5.74, 6) is -3.09. The number of benzene rings is 2. The molecule has 188 valence electrons. The fourth-order valence-electron chi connectivity index (χ4n) is 3.60. The minimum Gasteiger partial charge on any atom is -0.453 e. The van der Waals surface area contributed by atoms with Crippen molar-refractivity contribution >= 4 is 28.3 Å². The van der Waals surface area contributed by atoms with Gasteiger partial charge in [0, 0.05) is 29.7 Å². The molecule has 2 N–H and O–H groups in total. The molecule has 0 radical (unpaired) electrons. The molecule has 3 rings (SSSR count). The summed E-state index contributed by atoms with van der Waals surface area (Å²) < 4.78 is 49.4. The molecule has 8 heteroatoms. The Labute approximate surface area is 202 Å². The van der Waals surface area contributed by atoms with Crippen LogP contribution in [0.4, 0.5) is 24.5 Å². The van der Waals surface area contributed by atoms with E-state index in [1.54, 1.807) is 20.8 Å². The van der Waals surface area contributed by atoms with Crippen molar-refractivity contribution in [2.24, 2.45) is 5.41 Å². The Balaban J connectivity index is 1.92. The number of hydrogen-bond acceptors (Lipinski definition) is 4. The van der Waals surface area contributed by atoms with Crippen LogP contribution in [0.2, 0.25) is 0 Å². The molecule has 2 aromatic carbocycles. The van der Waals surface area contributed by atoms with Crippen molar-refractivity contribution in [3.8, 4) is 11.3 Å². The van der Waals surface area contributed by atoms with Crippen LogP contribution in [0.5, 0.6) is 0 Å². The lowest BCUT2D eigenvalue weighted by Gasteiger charge is -2.18. The van der Waals surface area contributed by atoms with Crippen LogP contribution in [0.1, 0.15) is 59.8 Å². The van der Waals surface area contributed by atoms with Gasteiger partial charge in [0.15, 0.2) is 16.8 Å². The Hall–Kier alpha value is -3.29. The van der Waals surface area contributed by atoms with E-state index in [-0.39, 0.29) is 34.0 Å². The lowest BCUT2D eigenvalue weighted by molar-refractivity contribution is -0.123. The Morgan fingerprint density at radius 1 is 0.943 bits per heavy atom. The quantitative estimate of drug-likeness (QED) is 0.311. The lowest BCUT2D eigenvalue weighted by Crippen LogP contribution is -2.28. The predicted octanol–water partition coefficient (Wildman–Crippen LogP) is 7.24. The van der Waals surface area contributed by atoms with E-state index < -0.39 is 33.9 Å². The summed E-state index contributed by atoms with van der Waals surface area (Å²) in [6.45, 7) is 7.64. The average Bonchev–Trinajstić information content (AvgIpc) is 2.78. The number of unbranched alkanes of at least 4 members (excludes halogenated alkanes) is 4. The third kappa shape index (κ3) is 6.24. The summed E-state index contributed by atoms with van der Waals surface area (Å²) in [6.07, 6.45) is 5.01. The highest BCUT2D eigenvalue weighted by molar-refractivity contribution is 5.95. The number of carbonyl (C=O) groups excluding carboxylic acids is 1. The maximum Gasteiger partial charge on any atom is 0.229 e. The van der Waals surface area contributed by atoms with E-state index in [4.69, 9.17) is 4.42 Å². The molecule has 5 nitrogen and oxygen atoms in total. The molecule has 0 aliphatic carbocycles. The van der Waals surface area contributed by atoms with Crippen molar-refractivity contribution in [1.82, 2.24) is 0 Å². The van der Waals surface area contributed by atoms with Crippen molar-refractivity contribution in [3.05, 3.63) is 58.0 Å². The standard InChI is InChI=1S/C27H31F3N2O3/c1-5-6-7-8-9-12-31-24-18(29)14-19(30)25-23(24)21(33)15-22(35-25)16-10-11-20(17(28)13-16)32-26(34)27(2,3)4/h10-11,13-15,31H,5-9,12H2,1-4H3,(H,32,34). The Bertz CT molecular complexity index is 1280. The number of rotatable bonds is 9. The Kier molecular flexibility index (Phi) is 8.25. The summed E-state index contributed by atoms with van der Waals surface area (Å²) >= 11 is 0. The van der Waals surface area contributed by atoms with Crippen LogP contribution in [0.25, 0.3) is 22.3 Å². The molecule has 0 spiro atoms. The molecule has 1 aromatic heterocycles. The van der Waals surface area contributed by atoms with Crippen molar-refractivity contribution < 1.29 is 22.4 Å². The van der Waals surface area contributed by atoms with Gasteiger partial charge in [0.1, 0.15) is 17.4 Å². The number of anilines is 2. The van der Waals surface area contributed by atoms with Crippen LogP contribution in [0.3, 0.4) is 0 Å². The molecule has 35 heavy (non-hydrogen) atoms. The van der Waals surface area contributed by atoms with E-state index in [1.807, 2.05) is 0 Å². The summed E-state index contributed by atoms with van der Waals surface area (Å²) in [5, 5.41) is 5.19. The molecule has 0 saturated heterocycles. The molecule has 0 saturated carbocycles. The van der Waals surface area contributed by atoms with Crippen LogP contribution in [-0.4, -0.2) is 12.5 Å². The predicted molar refractivity (Wildman–Crippen MR) is 133 cm³/mol. The van der Waals surface area contributed by atoms with Crippen molar-refractivity contribution in [3.63, 3.8) is 0 Å².